The number of imidazole rings is 1. The molecule has 0 bridgehead atoms. The molecule has 4 N–H and O–H groups in total. The number of fused-ring (bicyclic) bond motifs is 1. The number of aryl methyl sites for hydroxylation is 1. The van der Waals surface area contributed by atoms with Gasteiger partial charge in [0.05, 0.1) is 16.7 Å². The topological polar surface area (TPSA) is 79.6 Å². The number of hydrogen-bond donors (Lipinski definition) is 3. The molecule has 0 radical (unpaired) electrons. The second-order valence-corrected chi connectivity index (χ2v) is 8.12. The van der Waals surface area contributed by atoms with E-state index in [4.69, 9.17) is 10.7 Å². The number of nitrogens with one attached hydrogen (secondary N) is 2. The Kier molecular flexibility index (Phi) is 7.07. The number of aromatic nitrogens is 3. The van der Waals surface area contributed by atoms with Crippen molar-refractivity contribution in [3.05, 3.63) is 95.6 Å². The predicted octanol–water partition coefficient (Wildman–Crippen LogP) is 4.49. The second-order valence-electron chi connectivity index (χ2n) is 8.12. The fraction of sp³-hybridized carbons (Fsp3) is 0.308. The lowest BCUT2D eigenvalue weighted by molar-refractivity contribution is 0.384. The van der Waals surface area contributed by atoms with Crippen LogP contribution in [0.2, 0.25) is 0 Å². The van der Waals surface area contributed by atoms with Crippen LogP contribution in [-0.4, -0.2) is 27.5 Å². The van der Waals surface area contributed by atoms with Crippen LogP contribution in [0.25, 0.3) is 11.0 Å². The molecule has 2 aromatic heterocycles. The van der Waals surface area contributed by atoms with Gasteiger partial charge in [-0.2, -0.15) is 0 Å². The highest BCUT2D eigenvalue weighted by Crippen LogP contribution is 2.27. The molecule has 4 rings (SSSR count). The number of para-hydroxylation sites is 2. The Morgan fingerprint density at radius 1 is 1.00 bits per heavy atom. The van der Waals surface area contributed by atoms with Crippen molar-refractivity contribution in [2.45, 2.75) is 44.7 Å². The summed E-state index contributed by atoms with van der Waals surface area (Å²) in [5.74, 6) is 1.22. The van der Waals surface area contributed by atoms with E-state index in [0.717, 1.165) is 48.4 Å². The molecule has 5 heteroatoms. The van der Waals surface area contributed by atoms with E-state index in [-0.39, 0.29) is 12.0 Å². The minimum Gasteiger partial charge on any atom is -0.342 e. The van der Waals surface area contributed by atoms with Crippen LogP contribution in [0.5, 0.6) is 0 Å². The first-order valence-electron chi connectivity index (χ1n) is 11.1. The van der Waals surface area contributed by atoms with Crippen LogP contribution in [0.1, 0.15) is 41.4 Å². The molecule has 0 saturated heterocycles. The van der Waals surface area contributed by atoms with Crippen LogP contribution >= 0.6 is 0 Å². The normalized spacial score (nSPS) is 13.4. The fourth-order valence-electron chi connectivity index (χ4n) is 4.16. The van der Waals surface area contributed by atoms with Crippen molar-refractivity contribution in [2.24, 2.45) is 5.73 Å². The van der Waals surface area contributed by atoms with Crippen molar-refractivity contribution in [1.82, 2.24) is 20.3 Å². The molecule has 31 heavy (non-hydrogen) atoms. The molecule has 0 amide bonds. The van der Waals surface area contributed by atoms with Gasteiger partial charge in [0.1, 0.15) is 5.82 Å². The summed E-state index contributed by atoms with van der Waals surface area (Å²) >= 11 is 0. The third kappa shape index (κ3) is 5.37. The second kappa shape index (κ2) is 10.3. The van der Waals surface area contributed by atoms with Crippen LogP contribution in [0, 0.1) is 6.92 Å². The molecule has 2 unspecified atom stereocenters. The molecule has 0 aliphatic carbocycles. The van der Waals surface area contributed by atoms with E-state index in [9.17, 15) is 0 Å². The Hall–Kier alpha value is -3.02. The molecule has 5 nitrogen and oxygen atoms in total. The maximum Gasteiger partial charge on any atom is 0.112 e. The van der Waals surface area contributed by atoms with Crippen molar-refractivity contribution in [3.63, 3.8) is 0 Å². The summed E-state index contributed by atoms with van der Waals surface area (Å²) in [6.45, 7) is 3.52. The molecule has 4 aromatic rings. The Balaban J connectivity index is 1.65. The van der Waals surface area contributed by atoms with E-state index in [0.29, 0.717) is 6.54 Å². The molecular formula is C26H31N5. The summed E-state index contributed by atoms with van der Waals surface area (Å²) in [4.78, 5) is 13.1. The third-order valence-corrected chi connectivity index (χ3v) is 5.91. The van der Waals surface area contributed by atoms with Gasteiger partial charge in [0, 0.05) is 24.7 Å². The first-order valence-corrected chi connectivity index (χ1v) is 11.1. The van der Waals surface area contributed by atoms with E-state index in [2.05, 4.69) is 70.7 Å². The van der Waals surface area contributed by atoms with Gasteiger partial charge in [-0.3, -0.25) is 4.98 Å². The predicted molar refractivity (Wildman–Crippen MR) is 127 cm³/mol. The zero-order valence-electron chi connectivity index (χ0n) is 18.1. The maximum atomic E-state index is 5.90. The van der Waals surface area contributed by atoms with Gasteiger partial charge in [-0.25, -0.2) is 4.98 Å². The van der Waals surface area contributed by atoms with Crippen LogP contribution in [0.4, 0.5) is 0 Å². The van der Waals surface area contributed by atoms with Gasteiger partial charge in [-0.15, -0.1) is 0 Å². The number of nitrogens with two attached hydrogens (primary N) is 1. The number of benzene rings is 2. The monoisotopic (exact) mass is 413 g/mol. The number of pyridine rings is 1. The van der Waals surface area contributed by atoms with E-state index < -0.39 is 0 Å². The van der Waals surface area contributed by atoms with Gasteiger partial charge >= 0.3 is 0 Å². The average Bonchev–Trinajstić information content (AvgIpc) is 3.24. The van der Waals surface area contributed by atoms with E-state index in [1.54, 1.807) is 0 Å². The molecule has 160 valence electrons. The van der Waals surface area contributed by atoms with Crippen molar-refractivity contribution in [1.29, 1.82) is 0 Å². The van der Waals surface area contributed by atoms with Gasteiger partial charge in [0.25, 0.3) is 0 Å². The maximum absolute atomic E-state index is 5.90. The van der Waals surface area contributed by atoms with Crippen molar-refractivity contribution >= 4 is 11.0 Å². The third-order valence-electron chi connectivity index (χ3n) is 5.91. The number of H-pyrrole nitrogens is 1. The van der Waals surface area contributed by atoms with Gasteiger partial charge < -0.3 is 16.0 Å². The highest BCUT2D eigenvalue weighted by atomic mass is 15.0. The number of nitrogens with zero attached hydrogens (tertiary/aromatic N) is 2. The van der Waals surface area contributed by atoms with Crippen LogP contribution < -0.4 is 11.1 Å². The Morgan fingerprint density at radius 2 is 1.81 bits per heavy atom. The number of hydrogen-bond acceptors (Lipinski definition) is 4. The molecule has 0 fully saturated rings. The molecule has 0 aliphatic rings. The fourth-order valence-corrected chi connectivity index (χ4v) is 4.16. The summed E-state index contributed by atoms with van der Waals surface area (Å²) in [5, 5.41) is 3.80. The smallest absolute Gasteiger partial charge is 0.112 e. The van der Waals surface area contributed by atoms with Crippen LogP contribution in [-0.2, 0) is 13.0 Å². The van der Waals surface area contributed by atoms with E-state index in [1.165, 1.54) is 11.1 Å². The molecule has 2 heterocycles. The molecule has 0 aliphatic heterocycles. The molecule has 2 aromatic carbocycles. The number of aromatic amines is 1. The summed E-state index contributed by atoms with van der Waals surface area (Å²) in [6, 6.07) is 23.2. The first-order chi connectivity index (χ1) is 15.2. The number of rotatable bonds is 10. The molecule has 0 saturated carbocycles. The summed E-state index contributed by atoms with van der Waals surface area (Å²) in [6.07, 6.45) is 4.71. The summed E-state index contributed by atoms with van der Waals surface area (Å²) in [7, 11) is 0. The minimum absolute atomic E-state index is 0.199. The molecular weight excluding hydrogens is 382 g/mol. The highest BCUT2D eigenvalue weighted by molar-refractivity contribution is 5.74. The minimum atomic E-state index is 0.199. The largest absolute Gasteiger partial charge is 0.342 e. The molecule has 2 atom stereocenters. The van der Waals surface area contributed by atoms with Gasteiger partial charge in [-0.05, 0) is 62.1 Å². The lowest BCUT2D eigenvalue weighted by Crippen LogP contribution is -2.37. The van der Waals surface area contributed by atoms with Crippen LogP contribution in [0.3, 0.4) is 0 Å². The van der Waals surface area contributed by atoms with Crippen molar-refractivity contribution < 1.29 is 0 Å². The Labute approximate surface area is 184 Å². The lowest BCUT2D eigenvalue weighted by Gasteiger charge is -2.27. The average molecular weight is 414 g/mol. The van der Waals surface area contributed by atoms with Gasteiger partial charge in [-0.1, -0.05) is 48.5 Å². The van der Waals surface area contributed by atoms with E-state index >= 15 is 0 Å². The van der Waals surface area contributed by atoms with Crippen molar-refractivity contribution in [3.8, 4) is 0 Å². The summed E-state index contributed by atoms with van der Waals surface area (Å²) < 4.78 is 0. The van der Waals surface area contributed by atoms with Crippen LogP contribution in [0.15, 0.2) is 72.9 Å². The first kappa shape index (κ1) is 21.2. The summed E-state index contributed by atoms with van der Waals surface area (Å²) in [5.41, 5.74) is 11.6. The van der Waals surface area contributed by atoms with Gasteiger partial charge in [0.2, 0.25) is 0 Å². The lowest BCUT2D eigenvalue weighted by atomic mass is 9.88. The Morgan fingerprint density at radius 3 is 2.58 bits per heavy atom. The van der Waals surface area contributed by atoms with Gasteiger partial charge in [0.15, 0.2) is 0 Å². The standard InChI is InChI=1S/C26H31N5/c1-19-9-8-16-28-25(19)18-29-22(14-7-15-27)21(17-20-10-3-2-4-11-20)26-30-23-12-5-6-13-24(23)31-26/h2-6,8-13,16,21-22,29H,7,14-15,17-18,27H2,1H3,(H,30,31). The SMILES string of the molecule is Cc1cccnc1CNC(CCCN)C(Cc1ccccc1)c1nc2ccccc2[nH]1. The highest BCUT2D eigenvalue weighted by Gasteiger charge is 2.26. The zero-order valence-corrected chi connectivity index (χ0v) is 18.1. The zero-order chi connectivity index (χ0) is 21.5. The molecule has 0 spiro atoms. The Bertz CT molecular complexity index is 1060. The quantitative estimate of drug-likeness (QED) is 0.358. The van der Waals surface area contributed by atoms with Crippen molar-refractivity contribution in [2.75, 3.05) is 6.54 Å². The van der Waals surface area contributed by atoms with E-state index in [1.807, 2.05) is 24.4 Å².